The third kappa shape index (κ3) is 3.84. The van der Waals surface area contributed by atoms with Gasteiger partial charge < -0.3 is 0 Å². The lowest BCUT2D eigenvalue weighted by atomic mass is 10.2. The Hall–Kier alpha value is -1.11. The van der Waals surface area contributed by atoms with E-state index in [1.54, 1.807) is 12.2 Å². The molecule has 1 heteroatoms. The predicted molar refractivity (Wildman–Crippen MR) is 43.8 cm³/mol. The second kappa shape index (κ2) is 4.74. The Bertz CT molecular complexity index is 175. The summed E-state index contributed by atoms with van der Waals surface area (Å²) < 4.78 is 0. The lowest BCUT2D eigenvalue weighted by Gasteiger charge is -1.89. The first kappa shape index (κ1) is 8.89. The molecule has 0 aliphatic carbocycles. The molecule has 1 nitrogen and oxygen atoms in total. The maximum absolute atomic E-state index is 10.0. The molecule has 0 fully saturated rings. The van der Waals surface area contributed by atoms with Crippen LogP contribution in [0.1, 0.15) is 13.3 Å². The molecule has 0 unspecified atom stereocenters. The van der Waals surface area contributed by atoms with Crippen molar-refractivity contribution in [3.63, 3.8) is 0 Å². The summed E-state index contributed by atoms with van der Waals surface area (Å²) in [5.41, 5.74) is 1.48. The van der Waals surface area contributed by atoms with Gasteiger partial charge in [0.1, 0.15) is 6.29 Å². The summed E-state index contributed by atoms with van der Waals surface area (Å²) in [6.45, 7) is 9.23. The van der Waals surface area contributed by atoms with Crippen LogP contribution in [0.5, 0.6) is 0 Å². The summed E-state index contributed by atoms with van der Waals surface area (Å²) in [6.07, 6.45) is 5.09. The quantitative estimate of drug-likeness (QED) is 0.329. The van der Waals surface area contributed by atoms with Gasteiger partial charge in [0.2, 0.25) is 0 Å². The van der Waals surface area contributed by atoms with Crippen LogP contribution in [0.15, 0.2) is 36.5 Å². The van der Waals surface area contributed by atoms with E-state index >= 15 is 0 Å². The van der Waals surface area contributed by atoms with Gasteiger partial charge in [-0.2, -0.15) is 0 Å². The van der Waals surface area contributed by atoms with E-state index in [-0.39, 0.29) is 0 Å². The molecule has 10 heavy (non-hydrogen) atoms. The molecule has 0 spiro atoms. The topological polar surface area (TPSA) is 17.1 Å². The minimum Gasteiger partial charge on any atom is -0.298 e. The fourth-order valence-electron chi connectivity index (χ4n) is 0.382. The van der Waals surface area contributed by atoms with Gasteiger partial charge in [-0.1, -0.05) is 37.8 Å². The number of carbonyl (C=O) groups excluding carboxylic acids is 1. The molecular formula is C9H12O. The second-order valence-electron chi connectivity index (χ2n) is 2.04. The van der Waals surface area contributed by atoms with E-state index in [2.05, 4.69) is 13.2 Å². The zero-order chi connectivity index (χ0) is 7.98. The highest BCUT2D eigenvalue weighted by Gasteiger charge is 1.83. The molecular weight excluding hydrogens is 124 g/mol. The second-order valence-corrected chi connectivity index (χ2v) is 2.04. The standard InChI is InChI=1S/C9H12O/c1-4-8(2)5-6-9(3)7-10/h5-7H,2-4H2,1H3/b6-5-. The largest absolute Gasteiger partial charge is 0.298 e. The number of aldehydes is 1. The maximum Gasteiger partial charge on any atom is 0.149 e. The van der Waals surface area contributed by atoms with Crippen LogP contribution in [0, 0.1) is 0 Å². The van der Waals surface area contributed by atoms with Gasteiger partial charge >= 0.3 is 0 Å². The maximum atomic E-state index is 10.0. The van der Waals surface area contributed by atoms with E-state index in [1.165, 1.54) is 0 Å². The fraction of sp³-hybridized carbons (Fsp3) is 0.222. The molecule has 0 N–H and O–H groups in total. The zero-order valence-electron chi connectivity index (χ0n) is 6.26. The Labute approximate surface area is 61.8 Å². The Morgan fingerprint density at radius 1 is 1.40 bits per heavy atom. The van der Waals surface area contributed by atoms with Crippen molar-refractivity contribution in [1.82, 2.24) is 0 Å². The number of allylic oxidation sites excluding steroid dienone is 4. The van der Waals surface area contributed by atoms with Crippen molar-refractivity contribution < 1.29 is 4.79 Å². The molecule has 0 aromatic heterocycles. The van der Waals surface area contributed by atoms with Crippen LogP contribution in [-0.4, -0.2) is 6.29 Å². The summed E-state index contributed by atoms with van der Waals surface area (Å²) in [6, 6.07) is 0. The third-order valence-corrected chi connectivity index (χ3v) is 1.14. The molecule has 0 saturated heterocycles. The highest BCUT2D eigenvalue weighted by atomic mass is 16.1. The lowest BCUT2D eigenvalue weighted by Crippen LogP contribution is -1.75. The van der Waals surface area contributed by atoms with Gasteiger partial charge in [-0.3, -0.25) is 4.79 Å². The Kier molecular flexibility index (Phi) is 4.21. The number of carbonyl (C=O) groups is 1. The van der Waals surface area contributed by atoms with Crippen LogP contribution in [0.25, 0.3) is 0 Å². The fourth-order valence-corrected chi connectivity index (χ4v) is 0.382. The summed E-state index contributed by atoms with van der Waals surface area (Å²) in [4.78, 5) is 10.0. The first-order valence-corrected chi connectivity index (χ1v) is 3.20. The summed E-state index contributed by atoms with van der Waals surface area (Å²) in [5, 5.41) is 0. The first-order valence-electron chi connectivity index (χ1n) is 3.20. The molecule has 0 aromatic rings. The lowest BCUT2D eigenvalue weighted by molar-refractivity contribution is -0.104. The normalized spacial score (nSPS) is 9.70. The van der Waals surface area contributed by atoms with Crippen molar-refractivity contribution in [1.29, 1.82) is 0 Å². The Balaban J connectivity index is 3.87. The van der Waals surface area contributed by atoms with E-state index in [4.69, 9.17) is 0 Å². The average molecular weight is 136 g/mol. The van der Waals surface area contributed by atoms with Gasteiger partial charge in [-0.25, -0.2) is 0 Å². The van der Waals surface area contributed by atoms with Crippen molar-refractivity contribution in [2.24, 2.45) is 0 Å². The Morgan fingerprint density at radius 2 is 2.00 bits per heavy atom. The van der Waals surface area contributed by atoms with Crippen LogP contribution in [0.3, 0.4) is 0 Å². The van der Waals surface area contributed by atoms with Gasteiger partial charge in [0.15, 0.2) is 0 Å². The molecule has 0 aliphatic rings. The van der Waals surface area contributed by atoms with Crippen molar-refractivity contribution >= 4 is 6.29 Å². The first-order chi connectivity index (χ1) is 4.70. The molecule has 0 rings (SSSR count). The van der Waals surface area contributed by atoms with Crippen LogP contribution in [0.4, 0.5) is 0 Å². The molecule has 0 radical (unpaired) electrons. The molecule has 0 saturated carbocycles. The summed E-state index contributed by atoms with van der Waals surface area (Å²) >= 11 is 0. The molecule has 0 aliphatic heterocycles. The highest BCUT2D eigenvalue weighted by Crippen LogP contribution is 1.99. The zero-order valence-corrected chi connectivity index (χ0v) is 6.26. The minimum absolute atomic E-state index is 0.481. The smallest absolute Gasteiger partial charge is 0.149 e. The minimum atomic E-state index is 0.481. The van der Waals surface area contributed by atoms with Crippen LogP contribution in [-0.2, 0) is 4.79 Å². The van der Waals surface area contributed by atoms with Gasteiger partial charge in [0, 0.05) is 5.57 Å². The van der Waals surface area contributed by atoms with Crippen LogP contribution >= 0.6 is 0 Å². The molecule has 0 aromatic carbocycles. The number of hydrogen-bond donors (Lipinski definition) is 0. The van der Waals surface area contributed by atoms with E-state index in [0.717, 1.165) is 18.3 Å². The molecule has 0 bridgehead atoms. The van der Waals surface area contributed by atoms with Gasteiger partial charge in [-0.15, -0.1) is 0 Å². The molecule has 0 heterocycles. The molecule has 0 atom stereocenters. The van der Waals surface area contributed by atoms with Gasteiger partial charge in [0.25, 0.3) is 0 Å². The van der Waals surface area contributed by atoms with E-state index in [1.807, 2.05) is 6.92 Å². The van der Waals surface area contributed by atoms with E-state index in [9.17, 15) is 4.79 Å². The summed E-state index contributed by atoms with van der Waals surface area (Å²) in [5.74, 6) is 0. The average Bonchev–Trinajstić information content (AvgIpc) is 1.99. The SMILES string of the molecule is C=C(C=O)/C=C\C(=C)CC. The molecule has 0 amide bonds. The highest BCUT2D eigenvalue weighted by molar-refractivity contribution is 5.76. The van der Waals surface area contributed by atoms with Crippen LogP contribution < -0.4 is 0 Å². The summed E-state index contributed by atoms with van der Waals surface area (Å²) in [7, 11) is 0. The number of hydrogen-bond acceptors (Lipinski definition) is 1. The van der Waals surface area contributed by atoms with E-state index < -0.39 is 0 Å². The predicted octanol–water partition coefficient (Wildman–Crippen LogP) is 2.26. The molecule has 54 valence electrons. The van der Waals surface area contributed by atoms with Crippen LogP contribution in [0.2, 0.25) is 0 Å². The van der Waals surface area contributed by atoms with Crippen molar-refractivity contribution in [2.75, 3.05) is 0 Å². The van der Waals surface area contributed by atoms with Crippen molar-refractivity contribution in [3.8, 4) is 0 Å². The Morgan fingerprint density at radius 3 is 2.40 bits per heavy atom. The number of rotatable bonds is 4. The van der Waals surface area contributed by atoms with Gasteiger partial charge in [0.05, 0.1) is 0 Å². The van der Waals surface area contributed by atoms with Crippen molar-refractivity contribution in [2.45, 2.75) is 13.3 Å². The van der Waals surface area contributed by atoms with E-state index in [0.29, 0.717) is 5.57 Å². The van der Waals surface area contributed by atoms with Crippen molar-refractivity contribution in [3.05, 3.63) is 36.5 Å². The third-order valence-electron chi connectivity index (χ3n) is 1.14. The monoisotopic (exact) mass is 136 g/mol. The van der Waals surface area contributed by atoms with Gasteiger partial charge in [-0.05, 0) is 6.42 Å².